The summed E-state index contributed by atoms with van der Waals surface area (Å²) in [6, 6.07) is 6.51. The number of hydrogen-bond donors (Lipinski definition) is 0. The molecule has 1 atom stereocenters. The van der Waals surface area contributed by atoms with Gasteiger partial charge in [0.1, 0.15) is 0 Å². The third-order valence-electron chi connectivity index (χ3n) is 2.40. The summed E-state index contributed by atoms with van der Waals surface area (Å²) in [5, 5.41) is 0.584. The average Bonchev–Trinajstić information content (AvgIpc) is 2.29. The first-order valence-corrected chi connectivity index (χ1v) is 5.07. The molecule has 0 bridgehead atoms. The molecule has 1 aliphatic heterocycles. The van der Waals surface area contributed by atoms with Gasteiger partial charge < -0.3 is 4.90 Å². The predicted molar refractivity (Wildman–Crippen MR) is 54.9 cm³/mol. The van der Waals surface area contributed by atoms with Gasteiger partial charge in [-0.05, 0) is 25.5 Å². The molecule has 0 saturated heterocycles. The topological polar surface area (TPSA) is 3.24 Å². The average molecular weight is 179 g/mol. The minimum Gasteiger partial charge on any atom is -0.361 e. The molecule has 0 amide bonds. The Balaban J connectivity index is 2.55. The fraction of sp³-hybridized carbons (Fsp3) is 0.400. The number of anilines is 1. The summed E-state index contributed by atoms with van der Waals surface area (Å²) in [5.41, 5.74) is 2.79. The minimum atomic E-state index is 0.584. The molecule has 1 aromatic carbocycles. The second-order valence-electron chi connectivity index (χ2n) is 3.25. The highest BCUT2D eigenvalue weighted by Crippen LogP contribution is 2.43. The lowest BCUT2D eigenvalue weighted by Gasteiger charge is -2.18. The summed E-state index contributed by atoms with van der Waals surface area (Å²) in [5.74, 6) is 0. The first-order chi connectivity index (χ1) is 5.70. The van der Waals surface area contributed by atoms with E-state index in [-0.39, 0.29) is 0 Å². The van der Waals surface area contributed by atoms with E-state index in [0.717, 1.165) is 0 Å². The summed E-state index contributed by atoms with van der Waals surface area (Å²) in [6.07, 6.45) is 0. The van der Waals surface area contributed by atoms with Crippen LogP contribution in [0.25, 0.3) is 0 Å². The Morgan fingerprint density at radius 1 is 1.42 bits per heavy atom. The Morgan fingerprint density at radius 3 is 2.83 bits per heavy atom. The Labute approximate surface area is 77.8 Å². The van der Waals surface area contributed by atoms with Crippen molar-refractivity contribution in [2.75, 3.05) is 11.9 Å². The van der Waals surface area contributed by atoms with Crippen LogP contribution < -0.4 is 4.90 Å². The highest BCUT2D eigenvalue weighted by molar-refractivity contribution is 8.00. The highest BCUT2D eigenvalue weighted by Gasteiger charge is 2.24. The van der Waals surface area contributed by atoms with Crippen molar-refractivity contribution >= 4 is 17.4 Å². The van der Waals surface area contributed by atoms with Gasteiger partial charge in [0, 0.05) is 11.9 Å². The zero-order valence-corrected chi connectivity index (χ0v) is 8.48. The maximum atomic E-state index is 2.34. The van der Waals surface area contributed by atoms with Crippen LogP contribution in [-0.4, -0.2) is 12.4 Å². The van der Waals surface area contributed by atoms with Crippen molar-refractivity contribution in [3.05, 3.63) is 23.8 Å². The largest absolute Gasteiger partial charge is 0.361 e. The molecular formula is C10H13NS. The lowest BCUT2D eigenvalue weighted by Crippen LogP contribution is -2.21. The van der Waals surface area contributed by atoms with E-state index in [2.05, 4.69) is 44.0 Å². The van der Waals surface area contributed by atoms with Crippen LogP contribution in [0.15, 0.2) is 23.1 Å². The molecule has 1 nitrogen and oxygen atoms in total. The molecule has 1 heterocycles. The molecular weight excluding hydrogens is 166 g/mol. The van der Waals surface area contributed by atoms with Crippen molar-refractivity contribution in [1.82, 2.24) is 0 Å². The Kier molecular flexibility index (Phi) is 1.80. The predicted octanol–water partition coefficient (Wildman–Crippen LogP) is 2.88. The summed E-state index contributed by atoms with van der Waals surface area (Å²) >= 11 is 1.94. The molecule has 0 spiro atoms. The molecule has 1 unspecified atom stereocenters. The lowest BCUT2D eigenvalue weighted by atomic mass is 10.2. The van der Waals surface area contributed by atoms with Crippen LogP contribution >= 0.6 is 11.8 Å². The monoisotopic (exact) mass is 179 g/mol. The lowest BCUT2D eigenvalue weighted by molar-refractivity contribution is 0.918. The van der Waals surface area contributed by atoms with Gasteiger partial charge in [0.2, 0.25) is 0 Å². The summed E-state index contributed by atoms with van der Waals surface area (Å²) in [6.45, 7) is 4.41. The van der Waals surface area contributed by atoms with E-state index >= 15 is 0 Å². The van der Waals surface area contributed by atoms with Gasteiger partial charge in [0.15, 0.2) is 0 Å². The fourth-order valence-electron chi connectivity index (χ4n) is 1.62. The first-order valence-electron chi connectivity index (χ1n) is 4.19. The van der Waals surface area contributed by atoms with E-state index in [1.165, 1.54) is 16.1 Å². The van der Waals surface area contributed by atoms with Gasteiger partial charge >= 0.3 is 0 Å². The molecule has 0 saturated carbocycles. The van der Waals surface area contributed by atoms with Gasteiger partial charge in [-0.2, -0.15) is 0 Å². The van der Waals surface area contributed by atoms with Crippen LogP contribution in [0.1, 0.15) is 12.5 Å². The molecule has 2 rings (SSSR count). The maximum Gasteiger partial charge on any atom is 0.0766 e. The van der Waals surface area contributed by atoms with Crippen LogP contribution in [0.5, 0.6) is 0 Å². The first kappa shape index (κ1) is 7.99. The molecule has 2 heteroatoms. The van der Waals surface area contributed by atoms with Crippen LogP contribution in [0.2, 0.25) is 0 Å². The number of nitrogens with zero attached hydrogens (tertiary/aromatic N) is 1. The molecule has 0 radical (unpaired) electrons. The number of rotatable bonds is 0. The van der Waals surface area contributed by atoms with Crippen molar-refractivity contribution in [2.45, 2.75) is 24.1 Å². The number of para-hydroxylation sites is 1. The molecule has 0 N–H and O–H groups in total. The van der Waals surface area contributed by atoms with Crippen LogP contribution in [0.4, 0.5) is 5.69 Å². The summed E-state index contributed by atoms with van der Waals surface area (Å²) in [7, 11) is 2.16. The fourth-order valence-corrected chi connectivity index (χ4v) is 2.83. The van der Waals surface area contributed by atoms with Gasteiger partial charge in [-0.25, -0.2) is 0 Å². The summed E-state index contributed by atoms with van der Waals surface area (Å²) < 4.78 is 0. The third kappa shape index (κ3) is 1.02. The molecule has 1 aromatic rings. The number of benzene rings is 1. The number of hydrogen-bond acceptors (Lipinski definition) is 2. The Bertz CT molecular complexity index is 309. The summed E-state index contributed by atoms with van der Waals surface area (Å²) in [4.78, 5) is 3.76. The van der Waals surface area contributed by atoms with Crippen LogP contribution in [0, 0.1) is 6.92 Å². The molecule has 12 heavy (non-hydrogen) atoms. The van der Waals surface area contributed by atoms with E-state index in [1.807, 2.05) is 11.8 Å². The van der Waals surface area contributed by atoms with Crippen molar-refractivity contribution < 1.29 is 0 Å². The maximum absolute atomic E-state index is 2.34. The molecule has 0 aliphatic carbocycles. The Hall–Kier alpha value is -0.630. The zero-order valence-electron chi connectivity index (χ0n) is 7.66. The van der Waals surface area contributed by atoms with Gasteiger partial charge in [0.25, 0.3) is 0 Å². The number of fused-ring (bicyclic) bond motifs is 1. The van der Waals surface area contributed by atoms with E-state index < -0.39 is 0 Å². The van der Waals surface area contributed by atoms with Gasteiger partial charge in [-0.3, -0.25) is 0 Å². The molecule has 64 valence electrons. The van der Waals surface area contributed by atoms with Gasteiger partial charge in [-0.1, -0.05) is 23.9 Å². The number of thioether (sulfide) groups is 1. The molecule has 0 fully saturated rings. The van der Waals surface area contributed by atoms with Crippen molar-refractivity contribution in [1.29, 1.82) is 0 Å². The van der Waals surface area contributed by atoms with Crippen molar-refractivity contribution in [2.24, 2.45) is 0 Å². The quantitative estimate of drug-likeness (QED) is 0.602. The second-order valence-corrected chi connectivity index (χ2v) is 4.61. The van der Waals surface area contributed by atoms with E-state index in [4.69, 9.17) is 0 Å². The van der Waals surface area contributed by atoms with E-state index in [1.54, 1.807) is 0 Å². The Morgan fingerprint density at radius 2 is 2.17 bits per heavy atom. The minimum absolute atomic E-state index is 0.584. The number of aryl methyl sites for hydroxylation is 1. The molecule has 0 aromatic heterocycles. The van der Waals surface area contributed by atoms with E-state index in [0.29, 0.717) is 5.37 Å². The normalized spacial score (nSPS) is 21.2. The zero-order chi connectivity index (χ0) is 8.72. The smallest absolute Gasteiger partial charge is 0.0766 e. The van der Waals surface area contributed by atoms with Gasteiger partial charge in [0.05, 0.1) is 11.1 Å². The van der Waals surface area contributed by atoms with Gasteiger partial charge in [-0.15, -0.1) is 0 Å². The van der Waals surface area contributed by atoms with Crippen molar-refractivity contribution in [3.8, 4) is 0 Å². The molecule has 1 aliphatic rings. The second kappa shape index (κ2) is 2.70. The highest BCUT2D eigenvalue weighted by atomic mass is 32.2. The SMILES string of the molecule is Cc1cccc2c1N(C)C(C)S2. The van der Waals surface area contributed by atoms with Crippen molar-refractivity contribution in [3.63, 3.8) is 0 Å². The standard InChI is InChI=1S/C10H13NS/c1-7-5-4-6-9-10(7)11(3)8(2)12-9/h4-6,8H,1-3H3. The third-order valence-corrected chi connectivity index (χ3v) is 3.64. The van der Waals surface area contributed by atoms with Crippen LogP contribution in [0.3, 0.4) is 0 Å². The van der Waals surface area contributed by atoms with Crippen LogP contribution in [-0.2, 0) is 0 Å². The van der Waals surface area contributed by atoms with E-state index in [9.17, 15) is 0 Å².